The van der Waals surface area contributed by atoms with Gasteiger partial charge in [-0.25, -0.2) is 0 Å². The van der Waals surface area contributed by atoms with Gasteiger partial charge in [0, 0.05) is 17.1 Å². The first kappa shape index (κ1) is 22.6. The van der Waals surface area contributed by atoms with E-state index in [9.17, 15) is 0 Å². The standard InChI is InChI=1S/Ca.Fe.H4O4Si.H2O.2H/c;;1-5(2,3)4;;;/h;;1-4H;1H2;;. The van der Waals surface area contributed by atoms with E-state index in [4.69, 9.17) is 19.2 Å². The van der Waals surface area contributed by atoms with Crippen molar-refractivity contribution < 1.29 is 41.7 Å². The first-order chi connectivity index (χ1) is 2.00. The Morgan fingerprint density at radius 2 is 0.875 bits per heavy atom. The number of hydrogen-bond acceptors (Lipinski definition) is 4. The molecule has 0 aliphatic carbocycles. The summed E-state index contributed by atoms with van der Waals surface area (Å²) in [6.07, 6.45) is 0. The van der Waals surface area contributed by atoms with Crippen molar-refractivity contribution in [1.29, 1.82) is 0 Å². The van der Waals surface area contributed by atoms with Gasteiger partial charge in [-0.3, -0.25) is 0 Å². The normalized spacial score (nSPS) is 7.50. The summed E-state index contributed by atoms with van der Waals surface area (Å²) in [7, 11) is -4.61. The van der Waals surface area contributed by atoms with Crippen LogP contribution in [0.5, 0.6) is 0 Å². The molecule has 0 rings (SSSR count). The van der Waals surface area contributed by atoms with Crippen LogP contribution in [0.25, 0.3) is 0 Å². The van der Waals surface area contributed by atoms with Crippen molar-refractivity contribution in [2.45, 2.75) is 0 Å². The monoisotopic (exact) mass is 212 g/mol. The van der Waals surface area contributed by atoms with Gasteiger partial charge < -0.3 is 24.7 Å². The van der Waals surface area contributed by atoms with Gasteiger partial charge in [0.25, 0.3) is 0 Å². The van der Waals surface area contributed by atoms with Gasteiger partial charge in [0.2, 0.25) is 0 Å². The molecule has 8 heavy (non-hydrogen) atoms. The molecule has 8 heteroatoms. The van der Waals surface area contributed by atoms with E-state index in [2.05, 4.69) is 0 Å². The van der Waals surface area contributed by atoms with Crippen molar-refractivity contribution in [2.75, 3.05) is 0 Å². The summed E-state index contributed by atoms with van der Waals surface area (Å²) in [5.41, 5.74) is 0. The van der Waals surface area contributed by atoms with Crippen LogP contribution in [-0.4, -0.2) is 71.4 Å². The fourth-order valence-corrected chi connectivity index (χ4v) is 0. The first-order valence-electron chi connectivity index (χ1n) is 0.894. The minimum absolute atomic E-state index is 0. The van der Waals surface area contributed by atoms with E-state index in [1.54, 1.807) is 0 Å². The van der Waals surface area contributed by atoms with Gasteiger partial charge in [-0.2, -0.15) is 0 Å². The molecule has 0 bridgehead atoms. The SMILES string of the molecule is O.O[Si](O)(O)O.[CaH2].[Fe]. The Labute approximate surface area is 87.6 Å². The van der Waals surface area contributed by atoms with E-state index in [1.807, 2.05) is 0 Å². The third kappa shape index (κ3) is 112. The van der Waals surface area contributed by atoms with Crippen LogP contribution in [0.15, 0.2) is 0 Å². The molecule has 0 aromatic rings. The molecule has 5 nitrogen and oxygen atoms in total. The molecule has 6 N–H and O–H groups in total. The van der Waals surface area contributed by atoms with E-state index in [0.717, 1.165) is 0 Å². The van der Waals surface area contributed by atoms with Crippen LogP contribution >= 0.6 is 0 Å². The molecular weight excluding hydrogens is 204 g/mol. The van der Waals surface area contributed by atoms with Gasteiger partial charge >= 0.3 is 46.8 Å². The zero-order valence-corrected chi connectivity index (χ0v) is 5.25. The summed E-state index contributed by atoms with van der Waals surface area (Å²) in [6.45, 7) is 0. The second-order valence-electron chi connectivity index (χ2n) is 0.600. The Kier molecular flexibility index (Phi) is 24.8. The molecule has 0 spiro atoms. The van der Waals surface area contributed by atoms with Crippen molar-refractivity contribution in [3.63, 3.8) is 0 Å². The van der Waals surface area contributed by atoms with E-state index in [1.165, 1.54) is 0 Å². The molecule has 0 amide bonds. The van der Waals surface area contributed by atoms with Crippen LogP contribution in [0.1, 0.15) is 0 Å². The second-order valence-corrected chi connectivity index (χ2v) is 1.80. The molecule has 0 aromatic heterocycles. The largest absolute Gasteiger partial charge is 0 e. The second kappa shape index (κ2) is 8.80. The van der Waals surface area contributed by atoms with E-state index >= 15 is 0 Å². The third-order valence-electron chi connectivity index (χ3n) is 0. The molecular formula is H8CaFeO5Si. The molecule has 0 atom stereocenters. The molecule has 0 aliphatic rings. The molecule has 0 saturated heterocycles. The summed E-state index contributed by atoms with van der Waals surface area (Å²) in [5, 5.41) is 0. The van der Waals surface area contributed by atoms with Crippen LogP contribution in [0, 0.1) is 0 Å². The Bertz CT molecular complexity index is 27.9. The topological polar surface area (TPSA) is 112 Å². The van der Waals surface area contributed by atoms with E-state index < -0.39 is 9.05 Å². The van der Waals surface area contributed by atoms with Crippen molar-refractivity contribution in [1.82, 2.24) is 0 Å². The zero-order chi connectivity index (χ0) is 4.50. The molecule has 0 unspecified atom stereocenters. The number of hydrogen-bond donors (Lipinski definition) is 4. The zero-order valence-electron chi connectivity index (χ0n) is 3.14. The molecule has 0 saturated carbocycles. The van der Waals surface area contributed by atoms with Crippen molar-refractivity contribution >= 4 is 46.8 Å². The predicted molar refractivity (Wildman–Crippen MR) is 26.8 cm³/mol. The van der Waals surface area contributed by atoms with Gasteiger partial charge in [0.1, 0.15) is 0 Å². The van der Waals surface area contributed by atoms with Crippen LogP contribution in [0.2, 0.25) is 0 Å². The minimum Gasteiger partial charge on any atom is 0 e. The molecule has 0 heterocycles. The first-order valence-corrected chi connectivity index (χ1v) is 2.68. The van der Waals surface area contributed by atoms with Gasteiger partial charge in [-0.15, -0.1) is 0 Å². The fraction of sp³-hybridized carbons (Fsp3) is 0. The van der Waals surface area contributed by atoms with Crippen molar-refractivity contribution in [2.24, 2.45) is 0 Å². The fourth-order valence-electron chi connectivity index (χ4n) is 0. The number of rotatable bonds is 0. The van der Waals surface area contributed by atoms with Crippen LogP contribution in [-0.2, 0) is 17.1 Å². The molecule has 0 fully saturated rings. The Hall–Kier alpha value is 1.80. The summed E-state index contributed by atoms with van der Waals surface area (Å²) in [5.74, 6) is 0. The average Bonchev–Trinajstić information content (AvgIpc) is 0.722. The Morgan fingerprint density at radius 3 is 0.875 bits per heavy atom. The molecule has 0 radical (unpaired) electrons. The maximum atomic E-state index is 7.33. The van der Waals surface area contributed by atoms with Gasteiger partial charge in [-0.05, 0) is 0 Å². The Balaban J connectivity index is -0.0000000267. The van der Waals surface area contributed by atoms with Gasteiger partial charge in [-0.1, -0.05) is 0 Å². The van der Waals surface area contributed by atoms with E-state index in [-0.39, 0.29) is 60.3 Å². The van der Waals surface area contributed by atoms with Gasteiger partial charge in [0.15, 0.2) is 0 Å². The smallest absolute Gasteiger partial charge is 0 e. The summed E-state index contributed by atoms with van der Waals surface area (Å²) in [6, 6.07) is 0. The van der Waals surface area contributed by atoms with E-state index in [0.29, 0.717) is 0 Å². The summed E-state index contributed by atoms with van der Waals surface area (Å²) >= 11 is 0. The van der Waals surface area contributed by atoms with Crippen LogP contribution in [0.3, 0.4) is 0 Å². The molecule has 0 aliphatic heterocycles. The minimum atomic E-state index is -4.61. The van der Waals surface area contributed by atoms with Gasteiger partial charge in [0.05, 0.1) is 0 Å². The average molecular weight is 212 g/mol. The van der Waals surface area contributed by atoms with Crippen molar-refractivity contribution in [3.05, 3.63) is 0 Å². The maximum absolute atomic E-state index is 7.33. The summed E-state index contributed by atoms with van der Waals surface area (Å²) in [4.78, 5) is 29.3. The molecule has 0 aromatic carbocycles. The summed E-state index contributed by atoms with van der Waals surface area (Å²) < 4.78 is 0. The quantitative estimate of drug-likeness (QED) is 0.304. The predicted octanol–water partition coefficient (Wildman–Crippen LogP) is -4.35. The molecule has 52 valence electrons. The third-order valence-corrected chi connectivity index (χ3v) is 0. The maximum Gasteiger partial charge on any atom is 0 e. The van der Waals surface area contributed by atoms with Crippen LogP contribution in [0.4, 0.5) is 0 Å². The van der Waals surface area contributed by atoms with Crippen molar-refractivity contribution in [3.8, 4) is 0 Å². The Morgan fingerprint density at radius 1 is 0.875 bits per heavy atom. The van der Waals surface area contributed by atoms with Crippen LogP contribution < -0.4 is 0 Å².